The molecular weight excluding hydrogens is 353 g/mol. The monoisotopic (exact) mass is 369 g/mol. The lowest BCUT2D eigenvalue weighted by molar-refractivity contribution is 0.0901. The SMILES string of the molecule is Cc1c(Cl)cc(F)cc1S(=O)(=O)NC(C)(C)C(=O)c1ccccc1. The van der Waals surface area contributed by atoms with Crippen LogP contribution in [0.3, 0.4) is 0 Å². The number of Topliss-reactive ketones (excluding diaryl/α,β-unsaturated/α-hetero) is 1. The number of benzene rings is 2. The van der Waals surface area contributed by atoms with Gasteiger partial charge < -0.3 is 0 Å². The van der Waals surface area contributed by atoms with E-state index in [-0.39, 0.29) is 15.5 Å². The normalized spacial score (nSPS) is 12.2. The van der Waals surface area contributed by atoms with E-state index in [2.05, 4.69) is 4.72 Å². The number of hydrogen-bond acceptors (Lipinski definition) is 3. The van der Waals surface area contributed by atoms with Gasteiger partial charge in [0.2, 0.25) is 10.0 Å². The zero-order valence-electron chi connectivity index (χ0n) is 13.4. The molecule has 0 radical (unpaired) electrons. The Bertz CT molecular complexity index is 880. The Kier molecular flexibility index (Phi) is 5.13. The minimum absolute atomic E-state index is 0.00238. The minimum atomic E-state index is -4.14. The fourth-order valence-corrected chi connectivity index (χ4v) is 4.21. The number of sulfonamides is 1. The van der Waals surface area contributed by atoms with Crippen molar-refractivity contribution in [2.75, 3.05) is 0 Å². The van der Waals surface area contributed by atoms with Gasteiger partial charge in [-0.1, -0.05) is 41.9 Å². The molecule has 0 aromatic heterocycles. The highest BCUT2D eigenvalue weighted by Crippen LogP contribution is 2.26. The lowest BCUT2D eigenvalue weighted by Crippen LogP contribution is -2.49. The van der Waals surface area contributed by atoms with Crippen LogP contribution in [0.1, 0.15) is 29.8 Å². The van der Waals surface area contributed by atoms with Gasteiger partial charge >= 0.3 is 0 Å². The summed E-state index contributed by atoms with van der Waals surface area (Å²) in [7, 11) is -4.14. The molecule has 0 unspecified atom stereocenters. The minimum Gasteiger partial charge on any atom is -0.292 e. The Labute approximate surface area is 145 Å². The fourth-order valence-electron chi connectivity index (χ4n) is 2.29. The summed E-state index contributed by atoms with van der Waals surface area (Å²) < 4.78 is 41.1. The van der Waals surface area contributed by atoms with E-state index >= 15 is 0 Å². The molecule has 4 nitrogen and oxygen atoms in total. The lowest BCUT2D eigenvalue weighted by Gasteiger charge is -2.25. The summed E-state index contributed by atoms with van der Waals surface area (Å²) >= 11 is 5.86. The molecule has 2 aromatic rings. The molecule has 0 saturated heterocycles. The van der Waals surface area contributed by atoms with Crippen LogP contribution < -0.4 is 4.72 Å². The summed E-state index contributed by atoms with van der Waals surface area (Å²) in [6.45, 7) is 4.38. The third-order valence-electron chi connectivity index (χ3n) is 3.54. The van der Waals surface area contributed by atoms with Gasteiger partial charge in [-0.3, -0.25) is 4.79 Å². The van der Waals surface area contributed by atoms with Crippen LogP contribution in [0.2, 0.25) is 5.02 Å². The fraction of sp³-hybridized carbons (Fsp3) is 0.235. The van der Waals surface area contributed by atoms with Gasteiger partial charge in [0.15, 0.2) is 5.78 Å². The van der Waals surface area contributed by atoms with E-state index in [0.717, 1.165) is 12.1 Å². The Balaban J connectivity index is 2.40. The predicted octanol–water partition coefficient (Wildman–Crippen LogP) is 3.73. The number of hydrogen-bond donors (Lipinski definition) is 1. The van der Waals surface area contributed by atoms with Crippen LogP contribution in [-0.2, 0) is 10.0 Å². The smallest absolute Gasteiger partial charge is 0.241 e. The summed E-state index contributed by atoms with van der Waals surface area (Å²) in [5.74, 6) is -1.16. The van der Waals surface area contributed by atoms with Crippen LogP contribution in [0.5, 0.6) is 0 Å². The van der Waals surface area contributed by atoms with Crippen LogP contribution in [0.4, 0.5) is 4.39 Å². The molecule has 0 bridgehead atoms. The molecule has 7 heteroatoms. The molecule has 24 heavy (non-hydrogen) atoms. The van der Waals surface area contributed by atoms with Gasteiger partial charge in [-0.25, -0.2) is 12.8 Å². The van der Waals surface area contributed by atoms with Crippen LogP contribution in [0.25, 0.3) is 0 Å². The van der Waals surface area contributed by atoms with Gasteiger partial charge in [-0.2, -0.15) is 4.72 Å². The van der Waals surface area contributed by atoms with Crippen molar-refractivity contribution in [1.82, 2.24) is 4.72 Å². The predicted molar refractivity (Wildman–Crippen MR) is 91.3 cm³/mol. The highest BCUT2D eigenvalue weighted by molar-refractivity contribution is 7.89. The first-order valence-electron chi connectivity index (χ1n) is 7.14. The zero-order valence-corrected chi connectivity index (χ0v) is 15.0. The van der Waals surface area contributed by atoms with E-state index in [0.29, 0.717) is 5.56 Å². The number of nitrogens with one attached hydrogen (secondary N) is 1. The molecule has 2 rings (SSSR count). The molecular formula is C17H17ClFNO3S. The maximum absolute atomic E-state index is 13.6. The molecule has 0 spiro atoms. The molecule has 0 heterocycles. The lowest BCUT2D eigenvalue weighted by atomic mass is 9.94. The van der Waals surface area contributed by atoms with Crippen LogP contribution in [-0.4, -0.2) is 19.7 Å². The van der Waals surface area contributed by atoms with Crippen LogP contribution >= 0.6 is 11.6 Å². The van der Waals surface area contributed by atoms with Gasteiger partial charge in [0.05, 0.1) is 10.4 Å². The van der Waals surface area contributed by atoms with Gasteiger partial charge in [-0.05, 0) is 38.5 Å². The topological polar surface area (TPSA) is 63.2 Å². The van der Waals surface area contributed by atoms with E-state index < -0.39 is 27.2 Å². The molecule has 0 amide bonds. The summed E-state index contributed by atoms with van der Waals surface area (Å²) in [5.41, 5.74) is -0.821. The number of carbonyl (C=O) groups is 1. The van der Waals surface area contributed by atoms with Crippen molar-refractivity contribution in [2.45, 2.75) is 31.2 Å². The number of rotatable bonds is 5. The summed E-state index contributed by atoms with van der Waals surface area (Å²) in [6, 6.07) is 10.3. The quantitative estimate of drug-likeness (QED) is 0.817. The Morgan fingerprint density at radius 2 is 1.75 bits per heavy atom. The first kappa shape index (κ1) is 18.6. The number of halogens is 2. The molecule has 0 aliphatic rings. The average Bonchev–Trinajstić information content (AvgIpc) is 2.49. The summed E-state index contributed by atoms with van der Waals surface area (Å²) in [5, 5.41) is 0.00238. The van der Waals surface area contributed by atoms with E-state index in [1.807, 2.05) is 0 Å². The van der Waals surface area contributed by atoms with Crippen LogP contribution in [0, 0.1) is 12.7 Å². The average molecular weight is 370 g/mol. The van der Waals surface area contributed by atoms with Gasteiger partial charge in [0, 0.05) is 10.6 Å². The molecule has 0 fully saturated rings. The standard InChI is InChI=1S/C17H17ClFNO3S/c1-11-14(18)9-13(19)10-15(11)24(22,23)20-17(2,3)16(21)12-7-5-4-6-8-12/h4-10,20H,1-3H3. The molecule has 2 aromatic carbocycles. The second kappa shape index (κ2) is 6.63. The maximum Gasteiger partial charge on any atom is 0.241 e. The molecule has 0 saturated carbocycles. The second-order valence-electron chi connectivity index (χ2n) is 5.94. The highest BCUT2D eigenvalue weighted by Gasteiger charge is 2.34. The Hall–Kier alpha value is -1.76. The number of ketones is 1. The summed E-state index contributed by atoms with van der Waals surface area (Å²) in [6.07, 6.45) is 0. The highest BCUT2D eigenvalue weighted by atomic mass is 35.5. The van der Waals surface area contributed by atoms with E-state index in [1.54, 1.807) is 30.3 Å². The van der Waals surface area contributed by atoms with Crippen molar-refractivity contribution >= 4 is 27.4 Å². The third-order valence-corrected chi connectivity index (χ3v) is 5.72. The van der Waals surface area contributed by atoms with Crippen molar-refractivity contribution in [3.63, 3.8) is 0 Å². The van der Waals surface area contributed by atoms with E-state index in [1.165, 1.54) is 20.8 Å². The summed E-state index contributed by atoms with van der Waals surface area (Å²) in [4.78, 5) is 12.3. The van der Waals surface area contributed by atoms with Gasteiger partial charge in [0.25, 0.3) is 0 Å². The second-order valence-corrected chi connectivity index (χ2v) is 7.99. The van der Waals surface area contributed by atoms with Crippen molar-refractivity contribution in [2.24, 2.45) is 0 Å². The van der Waals surface area contributed by atoms with Crippen molar-refractivity contribution in [3.8, 4) is 0 Å². The zero-order chi connectivity index (χ0) is 18.1. The Morgan fingerprint density at radius 1 is 1.17 bits per heavy atom. The molecule has 128 valence electrons. The molecule has 1 N–H and O–H groups in total. The van der Waals surface area contributed by atoms with Crippen LogP contribution in [0.15, 0.2) is 47.4 Å². The maximum atomic E-state index is 13.6. The Morgan fingerprint density at radius 3 is 2.33 bits per heavy atom. The van der Waals surface area contributed by atoms with Gasteiger partial charge in [0.1, 0.15) is 5.82 Å². The van der Waals surface area contributed by atoms with Gasteiger partial charge in [-0.15, -0.1) is 0 Å². The first-order chi connectivity index (χ1) is 11.0. The number of carbonyl (C=O) groups excluding carboxylic acids is 1. The third kappa shape index (κ3) is 3.83. The molecule has 0 aliphatic heterocycles. The first-order valence-corrected chi connectivity index (χ1v) is 9.00. The largest absolute Gasteiger partial charge is 0.292 e. The van der Waals surface area contributed by atoms with Crippen molar-refractivity contribution < 1.29 is 17.6 Å². The molecule has 0 aliphatic carbocycles. The molecule has 0 atom stereocenters. The van der Waals surface area contributed by atoms with Crippen molar-refractivity contribution in [1.29, 1.82) is 0 Å². The van der Waals surface area contributed by atoms with E-state index in [4.69, 9.17) is 11.6 Å². The van der Waals surface area contributed by atoms with Crippen molar-refractivity contribution in [3.05, 3.63) is 64.4 Å². The van der Waals surface area contributed by atoms with E-state index in [9.17, 15) is 17.6 Å².